The van der Waals surface area contributed by atoms with Crippen LogP contribution in [-0.2, 0) is 0 Å². The Morgan fingerprint density at radius 3 is 2.56 bits per heavy atom. The van der Waals surface area contributed by atoms with E-state index >= 15 is 0 Å². The van der Waals surface area contributed by atoms with Crippen molar-refractivity contribution in [1.29, 1.82) is 0 Å². The third kappa shape index (κ3) is 3.25. The molecule has 0 bridgehead atoms. The van der Waals surface area contributed by atoms with E-state index in [0.717, 1.165) is 36.6 Å². The third-order valence-electron chi connectivity index (χ3n) is 3.11. The molecule has 1 fully saturated rings. The molecule has 18 heavy (non-hydrogen) atoms. The van der Waals surface area contributed by atoms with Gasteiger partial charge in [0.05, 0.1) is 5.56 Å². The number of benzene rings is 1. The van der Waals surface area contributed by atoms with Crippen molar-refractivity contribution in [2.45, 2.75) is 4.90 Å². The van der Waals surface area contributed by atoms with Gasteiger partial charge in [-0.15, -0.1) is 11.8 Å². The highest BCUT2D eigenvalue weighted by Crippen LogP contribution is 2.19. The molecule has 1 aromatic carbocycles. The van der Waals surface area contributed by atoms with Crippen LogP contribution in [0.15, 0.2) is 29.2 Å². The zero-order valence-corrected chi connectivity index (χ0v) is 11.7. The Kier molecular flexibility index (Phi) is 4.63. The monoisotopic (exact) mass is 265 g/mol. The van der Waals surface area contributed by atoms with Crippen molar-refractivity contribution in [3.63, 3.8) is 0 Å². The van der Waals surface area contributed by atoms with Gasteiger partial charge in [0.1, 0.15) is 0 Å². The Labute approximate surface area is 112 Å². The van der Waals surface area contributed by atoms with Gasteiger partial charge in [0, 0.05) is 31.1 Å². The first-order valence-corrected chi connectivity index (χ1v) is 7.30. The van der Waals surface area contributed by atoms with Crippen LogP contribution in [0, 0.1) is 0 Å². The second-order valence-corrected chi connectivity index (χ2v) is 5.28. The Bertz CT molecular complexity index is 416. The van der Waals surface area contributed by atoms with Crippen molar-refractivity contribution in [1.82, 2.24) is 15.3 Å². The molecule has 1 saturated heterocycles. The van der Waals surface area contributed by atoms with E-state index in [2.05, 4.69) is 17.4 Å². The second kappa shape index (κ2) is 6.22. The summed E-state index contributed by atoms with van der Waals surface area (Å²) in [6.45, 7) is 3.74. The van der Waals surface area contributed by atoms with Crippen molar-refractivity contribution in [2.24, 2.45) is 0 Å². The molecule has 2 rings (SSSR count). The predicted octanol–water partition coefficient (Wildman–Crippen LogP) is 1.30. The molecule has 0 aliphatic carbocycles. The summed E-state index contributed by atoms with van der Waals surface area (Å²) in [5.74, 6) is -0.00972. The van der Waals surface area contributed by atoms with E-state index in [0.29, 0.717) is 0 Å². The van der Waals surface area contributed by atoms with Crippen LogP contribution < -0.4 is 5.43 Å². The van der Waals surface area contributed by atoms with Crippen molar-refractivity contribution in [3.05, 3.63) is 29.8 Å². The summed E-state index contributed by atoms with van der Waals surface area (Å²) in [6, 6.07) is 7.71. The molecule has 1 amide bonds. The number of carbonyl (C=O) groups excluding carboxylic acids is 1. The van der Waals surface area contributed by atoms with E-state index in [4.69, 9.17) is 0 Å². The highest BCUT2D eigenvalue weighted by atomic mass is 32.2. The molecule has 0 spiro atoms. The minimum Gasteiger partial charge on any atom is -0.304 e. The zero-order valence-electron chi connectivity index (χ0n) is 10.8. The van der Waals surface area contributed by atoms with Crippen molar-refractivity contribution < 1.29 is 4.79 Å². The minimum absolute atomic E-state index is 0.00972. The van der Waals surface area contributed by atoms with Gasteiger partial charge in [0.2, 0.25) is 0 Å². The van der Waals surface area contributed by atoms with Gasteiger partial charge in [-0.1, -0.05) is 12.1 Å². The summed E-state index contributed by atoms with van der Waals surface area (Å²) in [7, 11) is 2.10. The van der Waals surface area contributed by atoms with Gasteiger partial charge < -0.3 is 4.90 Å². The SMILES string of the molecule is CSc1ccccc1C(=O)NN1CCN(C)CC1. The van der Waals surface area contributed by atoms with Crippen LogP contribution in [0.1, 0.15) is 10.4 Å². The smallest absolute Gasteiger partial charge is 0.266 e. The molecule has 5 heteroatoms. The Balaban J connectivity index is 1.99. The number of hydrazine groups is 1. The number of hydrogen-bond acceptors (Lipinski definition) is 4. The molecular formula is C13H19N3OS. The van der Waals surface area contributed by atoms with E-state index in [1.807, 2.05) is 35.5 Å². The molecule has 0 aromatic heterocycles. The topological polar surface area (TPSA) is 35.6 Å². The minimum atomic E-state index is -0.00972. The van der Waals surface area contributed by atoms with Gasteiger partial charge in [-0.25, -0.2) is 5.01 Å². The quantitative estimate of drug-likeness (QED) is 0.836. The van der Waals surface area contributed by atoms with Crippen LogP contribution >= 0.6 is 11.8 Å². The summed E-state index contributed by atoms with van der Waals surface area (Å²) in [5, 5.41) is 2.00. The van der Waals surface area contributed by atoms with E-state index in [1.165, 1.54) is 0 Å². The standard InChI is InChI=1S/C13H19N3OS/c1-15-7-9-16(10-8-15)14-13(17)11-5-3-4-6-12(11)18-2/h3-6H,7-10H2,1-2H3,(H,14,17). The number of likely N-dealkylation sites (N-methyl/N-ethyl adjacent to an activating group) is 1. The fourth-order valence-electron chi connectivity index (χ4n) is 1.95. The lowest BCUT2D eigenvalue weighted by molar-refractivity contribution is 0.0659. The third-order valence-corrected chi connectivity index (χ3v) is 3.91. The van der Waals surface area contributed by atoms with E-state index in [9.17, 15) is 4.79 Å². The van der Waals surface area contributed by atoms with Gasteiger partial charge in [0.25, 0.3) is 5.91 Å². The van der Waals surface area contributed by atoms with Crippen LogP contribution in [0.5, 0.6) is 0 Å². The van der Waals surface area contributed by atoms with Crippen LogP contribution in [0.2, 0.25) is 0 Å². The lowest BCUT2D eigenvalue weighted by Crippen LogP contribution is -2.52. The molecule has 0 saturated carbocycles. The number of hydrogen-bond donors (Lipinski definition) is 1. The lowest BCUT2D eigenvalue weighted by Gasteiger charge is -2.32. The highest BCUT2D eigenvalue weighted by Gasteiger charge is 2.17. The maximum atomic E-state index is 12.2. The van der Waals surface area contributed by atoms with Gasteiger partial charge in [-0.05, 0) is 25.4 Å². The van der Waals surface area contributed by atoms with Crippen LogP contribution in [0.4, 0.5) is 0 Å². The number of amides is 1. The molecule has 1 N–H and O–H groups in total. The molecule has 4 nitrogen and oxygen atoms in total. The fourth-order valence-corrected chi connectivity index (χ4v) is 2.55. The Morgan fingerprint density at radius 2 is 1.89 bits per heavy atom. The fraction of sp³-hybridized carbons (Fsp3) is 0.462. The van der Waals surface area contributed by atoms with Gasteiger partial charge in [-0.2, -0.15) is 0 Å². The second-order valence-electron chi connectivity index (χ2n) is 4.43. The first-order chi connectivity index (χ1) is 8.70. The molecule has 98 valence electrons. The summed E-state index contributed by atoms with van der Waals surface area (Å²) >= 11 is 1.60. The zero-order chi connectivity index (χ0) is 13.0. The number of rotatable bonds is 3. The normalized spacial score (nSPS) is 17.7. The molecule has 1 aromatic rings. The van der Waals surface area contributed by atoms with Crippen LogP contribution in [0.25, 0.3) is 0 Å². The van der Waals surface area contributed by atoms with Gasteiger partial charge in [-0.3, -0.25) is 10.2 Å². The molecule has 1 aliphatic heterocycles. The maximum Gasteiger partial charge on any atom is 0.266 e. The van der Waals surface area contributed by atoms with E-state index in [-0.39, 0.29) is 5.91 Å². The van der Waals surface area contributed by atoms with Crippen LogP contribution in [0.3, 0.4) is 0 Å². The average Bonchev–Trinajstić information content (AvgIpc) is 2.41. The number of nitrogens with one attached hydrogen (secondary N) is 1. The van der Waals surface area contributed by atoms with Gasteiger partial charge in [0.15, 0.2) is 0 Å². The van der Waals surface area contributed by atoms with E-state index < -0.39 is 0 Å². The Morgan fingerprint density at radius 1 is 1.22 bits per heavy atom. The maximum absolute atomic E-state index is 12.2. The lowest BCUT2D eigenvalue weighted by atomic mass is 10.2. The largest absolute Gasteiger partial charge is 0.304 e. The van der Waals surface area contributed by atoms with Crippen molar-refractivity contribution in [2.75, 3.05) is 39.5 Å². The summed E-state index contributed by atoms with van der Waals surface area (Å²) in [5.41, 5.74) is 3.74. The number of thioether (sulfide) groups is 1. The molecule has 0 atom stereocenters. The number of nitrogens with zero attached hydrogens (tertiary/aromatic N) is 2. The highest BCUT2D eigenvalue weighted by molar-refractivity contribution is 7.98. The summed E-state index contributed by atoms with van der Waals surface area (Å²) < 4.78 is 0. The van der Waals surface area contributed by atoms with Crippen LogP contribution in [-0.4, -0.2) is 55.3 Å². The van der Waals surface area contributed by atoms with Gasteiger partial charge >= 0.3 is 0 Å². The average molecular weight is 265 g/mol. The van der Waals surface area contributed by atoms with Crippen molar-refractivity contribution in [3.8, 4) is 0 Å². The van der Waals surface area contributed by atoms with E-state index in [1.54, 1.807) is 11.8 Å². The molecule has 1 aliphatic rings. The first kappa shape index (κ1) is 13.4. The molecular weight excluding hydrogens is 246 g/mol. The molecule has 0 unspecified atom stereocenters. The summed E-state index contributed by atoms with van der Waals surface area (Å²) in [6.07, 6.45) is 1.99. The summed E-state index contributed by atoms with van der Waals surface area (Å²) in [4.78, 5) is 15.5. The predicted molar refractivity (Wildman–Crippen MR) is 74.8 cm³/mol. The first-order valence-electron chi connectivity index (χ1n) is 6.08. The number of piperazine rings is 1. The molecule has 1 heterocycles. The van der Waals surface area contributed by atoms with Crippen molar-refractivity contribution >= 4 is 17.7 Å². The number of carbonyl (C=O) groups is 1. The Hall–Kier alpha value is -1.04. The molecule has 0 radical (unpaired) electrons.